The van der Waals surface area contributed by atoms with Crippen molar-refractivity contribution < 1.29 is 9.53 Å². The fraction of sp³-hybridized carbons (Fsp3) is 0.368. The third-order valence-electron chi connectivity index (χ3n) is 4.20. The van der Waals surface area contributed by atoms with Crippen LogP contribution in [-0.4, -0.2) is 30.1 Å². The fourth-order valence-corrected chi connectivity index (χ4v) is 2.74. The van der Waals surface area contributed by atoms with Gasteiger partial charge in [-0.15, -0.1) is 0 Å². The van der Waals surface area contributed by atoms with Crippen molar-refractivity contribution in [1.29, 1.82) is 0 Å². The lowest BCUT2D eigenvalue weighted by molar-refractivity contribution is 0.220. The van der Waals surface area contributed by atoms with Crippen LogP contribution in [0.3, 0.4) is 0 Å². The molecule has 2 aromatic rings. The number of pyridine rings is 1. The second kappa shape index (κ2) is 7.34. The second-order valence-corrected chi connectivity index (χ2v) is 6.10. The average Bonchev–Trinajstić information content (AvgIpc) is 2.54. The third kappa shape index (κ3) is 3.67. The Kier molecular flexibility index (Phi) is 5.44. The van der Waals surface area contributed by atoms with Crippen LogP contribution in [0.5, 0.6) is 5.75 Å². The maximum absolute atomic E-state index is 12.5. The molecule has 2 rings (SSSR count). The van der Waals surface area contributed by atoms with E-state index in [9.17, 15) is 4.79 Å². The summed E-state index contributed by atoms with van der Waals surface area (Å²) >= 11 is 0. The highest BCUT2D eigenvalue weighted by Gasteiger charge is 2.16. The molecule has 0 aliphatic heterocycles. The lowest BCUT2D eigenvalue weighted by Crippen LogP contribution is -2.32. The SMILES string of the molecule is COc1c(C)cnc(CN(C)C(=O)Nc2c(C)cccc2C)c1C. The van der Waals surface area contributed by atoms with Crippen LogP contribution in [0, 0.1) is 27.7 Å². The lowest BCUT2D eigenvalue weighted by atomic mass is 10.1. The van der Waals surface area contributed by atoms with Gasteiger partial charge in [0.05, 0.1) is 19.3 Å². The summed E-state index contributed by atoms with van der Waals surface area (Å²) in [4.78, 5) is 18.6. The molecule has 128 valence electrons. The number of hydrogen-bond acceptors (Lipinski definition) is 3. The zero-order chi connectivity index (χ0) is 17.9. The lowest BCUT2D eigenvalue weighted by Gasteiger charge is -2.21. The Hall–Kier alpha value is -2.56. The standard InChI is InChI=1S/C19H25N3O2/c1-12-8-7-9-13(2)17(12)21-19(23)22(5)11-16-15(4)18(24-6)14(3)10-20-16/h7-10H,11H2,1-6H3,(H,21,23). The molecule has 0 saturated heterocycles. The molecule has 0 bridgehead atoms. The number of amides is 2. The van der Waals surface area contributed by atoms with E-state index in [2.05, 4.69) is 10.3 Å². The Labute approximate surface area is 143 Å². The maximum Gasteiger partial charge on any atom is 0.321 e. The van der Waals surface area contributed by atoms with Crippen LogP contribution in [0.25, 0.3) is 0 Å². The molecular formula is C19H25N3O2. The Morgan fingerprint density at radius 2 is 1.79 bits per heavy atom. The summed E-state index contributed by atoms with van der Waals surface area (Å²) < 4.78 is 5.43. The van der Waals surface area contributed by atoms with Crippen molar-refractivity contribution in [2.24, 2.45) is 0 Å². The number of rotatable bonds is 4. The molecule has 0 atom stereocenters. The number of anilines is 1. The van der Waals surface area contributed by atoms with Crippen molar-refractivity contribution in [1.82, 2.24) is 9.88 Å². The molecule has 24 heavy (non-hydrogen) atoms. The number of nitrogens with zero attached hydrogens (tertiary/aromatic N) is 2. The number of hydrogen-bond donors (Lipinski definition) is 1. The van der Waals surface area contributed by atoms with Gasteiger partial charge < -0.3 is 15.0 Å². The van der Waals surface area contributed by atoms with Gasteiger partial charge in [-0.1, -0.05) is 18.2 Å². The quantitative estimate of drug-likeness (QED) is 0.924. The predicted octanol–water partition coefficient (Wildman–Crippen LogP) is 3.99. The van der Waals surface area contributed by atoms with Crippen LogP contribution < -0.4 is 10.1 Å². The van der Waals surface area contributed by atoms with Gasteiger partial charge >= 0.3 is 6.03 Å². The number of carbonyl (C=O) groups excluding carboxylic acids is 1. The third-order valence-corrected chi connectivity index (χ3v) is 4.20. The Balaban J connectivity index is 2.15. The Morgan fingerprint density at radius 3 is 2.38 bits per heavy atom. The zero-order valence-corrected chi connectivity index (χ0v) is 15.2. The molecular weight excluding hydrogens is 302 g/mol. The van der Waals surface area contributed by atoms with Crippen molar-refractivity contribution in [3.63, 3.8) is 0 Å². The number of benzene rings is 1. The largest absolute Gasteiger partial charge is 0.496 e. The highest BCUT2D eigenvalue weighted by Crippen LogP contribution is 2.25. The van der Waals surface area contributed by atoms with Crippen LogP contribution in [0.1, 0.15) is 27.9 Å². The van der Waals surface area contributed by atoms with E-state index in [4.69, 9.17) is 4.74 Å². The van der Waals surface area contributed by atoms with Gasteiger partial charge in [-0.05, 0) is 38.8 Å². The van der Waals surface area contributed by atoms with Gasteiger partial charge in [-0.25, -0.2) is 4.79 Å². The molecule has 0 saturated carbocycles. The minimum atomic E-state index is -0.159. The molecule has 2 amide bonds. The first-order valence-electron chi connectivity index (χ1n) is 7.92. The minimum Gasteiger partial charge on any atom is -0.496 e. The molecule has 0 fully saturated rings. The number of aryl methyl sites for hydroxylation is 3. The van der Waals surface area contributed by atoms with E-state index in [0.717, 1.165) is 39.4 Å². The summed E-state index contributed by atoms with van der Waals surface area (Å²) in [6.45, 7) is 8.31. The first-order valence-corrected chi connectivity index (χ1v) is 7.92. The molecule has 0 unspecified atom stereocenters. The van der Waals surface area contributed by atoms with Crippen molar-refractivity contribution in [3.05, 3.63) is 52.3 Å². The molecule has 0 aliphatic carbocycles. The first-order chi connectivity index (χ1) is 11.3. The van der Waals surface area contributed by atoms with Crippen LogP contribution in [0.15, 0.2) is 24.4 Å². The van der Waals surface area contributed by atoms with E-state index in [1.807, 2.05) is 45.9 Å². The second-order valence-electron chi connectivity index (χ2n) is 6.10. The first kappa shape index (κ1) is 17.8. The van der Waals surface area contributed by atoms with Crippen LogP contribution in [-0.2, 0) is 6.54 Å². The van der Waals surface area contributed by atoms with Crippen molar-refractivity contribution in [2.45, 2.75) is 34.2 Å². The number of urea groups is 1. The van der Waals surface area contributed by atoms with E-state index in [1.165, 1.54) is 0 Å². The van der Waals surface area contributed by atoms with Gasteiger partial charge in [0, 0.05) is 30.1 Å². The summed E-state index contributed by atoms with van der Waals surface area (Å²) in [5.41, 5.74) is 5.73. The van der Waals surface area contributed by atoms with E-state index in [0.29, 0.717) is 6.54 Å². The van der Waals surface area contributed by atoms with E-state index in [1.54, 1.807) is 25.3 Å². The average molecular weight is 327 g/mol. The number of nitrogens with one attached hydrogen (secondary N) is 1. The van der Waals surface area contributed by atoms with Crippen LogP contribution >= 0.6 is 0 Å². The molecule has 1 aromatic carbocycles. The minimum absolute atomic E-state index is 0.159. The van der Waals surface area contributed by atoms with Gasteiger partial charge in [-0.2, -0.15) is 0 Å². The van der Waals surface area contributed by atoms with Crippen molar-refractivity contribution in [3.8, 4) is 5.75 Å². The molecule has 0 aliphatic rings. The summed E-state index contributed by atoms with van der Waals surface area (Å²) in [6, 6.07) is 5.79. The van der Waals surface area contributed by atoms with Gasteiger partial charge in [0.2, 0.25) is 0 Å². The molecule has 5 nitrogen and oxygen atoms in total. The van der Waals surface area contributed by atoms with Crippen LogP contribution in [0.2, 0.25) is 0 Å². The van der Waals surface area contributed by atoms with E-state index in [-0.39, 0.29) is 6.03 Å². The topological polar surface area (TPSA) is 54.5 Å². The van der Waals surface area contributed by atoms with Crippen molar-refractivity contribution in [2.75, 3.05) is 19.5 Å². The number of methoxy groups -OCH3 is 1. The number of para-hydroxylation sites is 1. The number of carbonyl (C=O) groups is 1. The normalized spacial score (nSPS) is 10.4. The summed E-state index contributed by atoms with van der Waals surface area (Å²) in [6.07, 6.45) is 1.78. The Bertz CT molecular complexity index is 736. The van der Waals surface area contributed by atoms with E-state index >= 15 is 0 Å². The molecule has 5 heteroatoms. The summed E-state index contributed by atoms with van der Waals surface area (Å²) in [5, 5.41) is 2.99. The highest BCUT2D eigenvalue weighted by molar-refractivity contribution is 5.90. The Morgan fingerprint density at radius 1 is 1.17 bits per heavy atom. The maximum atomic E-state index is 12.5. The zero-order valence-electron chi connectivity index (χ0n) is 15.2. The monoisotopic (exact) mass is 327 g/mol. The van der Waals surface area contributed by atoms with E-state index < -0.39 is 0 Å². The number of aromatic nitrogens is 1. The van der Waals surface area contributed by atoms with Crippen molar-refractivity contribution >= 4 is 11.7 Å². The highest BCUT2D eigenvalue weighted by atomic mass is 16.5. The predicted molar refractivity (Wildman–Crippen MR) is 96.7 cm³/mol. The molecule has 0 radical (unpaired) electrons. The van der Waals surface area contributed by atoms with Gasteiger partial charge in [0.1, 0.15) is 5.75 Å². The number of ether oxygens (including phenoxy) is 1. The van der Waals surface area contributed by atoms with Gasteiger partial charge in [-0.3, -0.25) is 4.98 Å². The van der Waals surface area contributed by atoms with Gasteiger partial charge in [0.15, 0.2) is 0 Å². The molecule has 1 heterocycles. The molecule has 0 spiro atoms. The smallest absolute Gasteiger partial charge is 0.321 e. The van der Waals surface area contributed by atoms with Crippen LogP contribution in [0.4, 0.5) is 10.5 Å². The van der Waals surface area contributed by atoms with Gasteiger partial charge in [0.25, 0.3) is 0 Å². The fourth-order valence-electron chi connectivity index (χ4n) is 2.74. The summed E-state index contributed by atoms with van der Waals surface area (Å²) in [7, 11) is 3.41. The molecule has 1 aromatic heterocycles. The molecule has 1 N–H and O–H groups in total. The summed E-state index contributed by atoms with van der Waals surface area (Å²) in [5.74, 6) is 0.823.